The van der Waals surface area contributed by atoms with E-state index in [1.54, 1.807) is 16.2 Å². The molecule has 94 valence electrons. The number of aliphatic hydroxyl groups is 1. The molecule has 1 aromatic heterocycles. The third kappa shape index (κ3) is 3.28. The average Bonchev–Trinajstić information content (AvgIpc) is 2.81. The van der Waals surface area contributed by atoms with E-state index in [0.29, 0.717) is 19.5 Å². The first-order chi connectivity index (χ1) is 8.19. The summed E-state index contributed by atoms with van der Waals surface area (Å²) in [5.41, 5.74) is 1.06. The highest BCUT2D eigenvalue weighted by Crippen LogP contribution is 2.14. The zero-order valence-electron chi connectivity index (χ0n) is 9.83. The van der Waals surface area contributed by atoms with Gasteiger partial charge in [-0.2, -0.15) is 11.3 Å². The quantitative estimate of drug-likeness (QED) is 0.873. The summed E-state index contributed by atoms with van der Waals surface area (Å²) in [7, 11) is 0. The number of thiophene rings is 1. The number of hydrogen-bond acceptors (Lipinski definition) is 4. The van der Waals surface area contributed by atoms with Crippen LogP contribution < -0.4 is 0 Å². The van der Waals surface area contributed by atoms with E-state index in [1.165, 1.54) is 0 Å². The maximum absolute atomic E-state index is 12.1. The fourth-order valence-corrected chi connectivity index (χ4v) is 2.70. The number of carbonyl (C=O) groups is 1. The normalized spacial score (nSPS) is 24.9. The Hall–Kier alpha value is -0.910. The molecule has 0 bridgehead atoms. The van der Waals surface area contributed by atoms with Crippen LogP contribution in [0.5, 0.6) is 0 Å². The van der Waals surface area contributed by atoms with Crippen molar-refractivity contribution in [1.82, 2.24) is 4.90 Å². The molecular formula is C12H17NO3S. The molecule has 1 aliphatic heterocycles. The standard InChI is InChI=1S/C12H17NO3S/c1-9-5-13(6-11(7-14)16-9)12(15)4-10-2-3-17-8-10/h2-3,8-9,11,14H,4-7H2,1H3. The smallest absolute Gasteiger partial charge is 0.227 e. The Morgan fingerprint density at radius 1 is 1.65 bits per heavy atom. The molecule has 1 amide bonds. The predicted molar refractivity (Wildman–Crippen MR) is 66.0 cm³/mol. The summed E-state index contributed by atoms with van der Waals surface area (Å²) in [6, 6.07) is 1.97. The molecule has 2 rings (SSSR count). The molecule has 2 heterocycles. The predicted octanol–water partition coefficient (Wildman–Crippen LogP) is 0.899. The van der Waals surface area contributed by atoms with E-state index < -0.39 is 0 Å². The van der Waals surface area contributed by atoms with Crippen LogP contribution in [0.2, 0.25) is 0 Å². The van der Waals surface area contributed by atoms with E-state index in [9.17, 15) is 4.79 Å². The van der Waals surface area contributed by atoms with Gasteiger partial charge in [0.15, 0.2) is 0 Å². The van der Waals surface area contributed by atoms with Gasteiger partial charge in [0.05, 0.1) is 25.2 Å². The Morgan fingerprint density at radius 2 is 2.47 bits per heavy atom. The molecule has 1 saturated heterocycles. The van der Waals surface area contributed by atoms with Crippen molar-refractivity contribution in [3.63, 3.8) is 0 Å². The molecule has 4 nitrogen and oxygen atoms in total. The largest absolute Gasteiger partial charge is 0.394 e. The highest BCUT2D eigenvalue weighted by atomic mass is 32.1. The molecule has 1 fully saturated rings. The molecule has 1 aliphatic rings. The molecular weight excluding hydrogens is 238 g/mol. The minimum absolute atomic E-state index is 0.00711. The SMILES string of the molecule is CC1CN(C(=O)Cc2ccsc2)CC(CO)O1. The lowest BCUT2D eigenvalue weighted by Crippen LogP contribution is -2.50. The van der Waals surface area contributed by atoms with Gasteiger partial charge in [0, 0.05) is 13.1 Å². The van der Waals surface area contributed by atoms with Gasteiger partial charge in [-0.1, -0.05) is 0 Å². The van der Waals surface area contributed by atoms with Crippen LogP contribution in [0.3, 0.4) is 0 Å². The monoisotopic (exact) mass is 255 g/mol. The third-order valence-electron chi connectivity index (χ3n) is 2.82. The first-order valence-electron chi connectivity index (χ1n) is 5.74. The van der Waals surface area contributed by atoms with E-state index in [1.807, 2.05) is 23.8 Å². The van der Waals surface area contributed by atoms with Gasteiger partial charge in [-0.15, -0.1) is 0 Å². The Kier molecular flexibility index (Phi) is 4.15. The van der Waals surface area contributed by atoms with Crippen molar-refractivity contribution in [1.29, 1.82) is 0 Å². The van der Waals surface area contributed by atoms with Crippen LogP contribution in [-0.2, 0) is 16.0 Å². The van der Waals surface area contributed by atoms with Gasteiger partial charge in [-0.25, -0.2) is 0 Å². The molecule has 5 heteroatoms. The minimum Gasteiger partial charge on any atom is -0.394 e. The second kappa shape index (κ2) is 5.62. The summed E-state index contributed by atoms with van der Waals surface area (Å²) in [5.74, 6) is 0.108. The molecule has 2 atom stereocenters. The molecule has 1 aromatic rings. The van der Waals surface area contributed by atoms with E-state index in [4.69, 9.17) is 9.84 Å². The van der Waals surface area contributed by atoms with E-state index in [0.717, 1.165) is 5.56 Å². The van der Waals surface area contributed by atoms with Crippen molar-refractivity contribution in [2.75, 3.05) is 19.7 Å². The molecule has 1 N–H and O–H groups in total. The molecule has 0 spiro atoms. The fourth-order valence-electron chi connectivity index (χ4n) is 2.03. The first kappa shape index (κ1) is 12.5. The van der Waals surface area contributed by atoms with Gasteiger partial charge in [0.2, 0.25) is 5.91 Å². The summed E-state index contributed by atoms with van der Waals surface area (Å²) >= 11 is 1.60. The maximum atomic E-state index is 12.1. The van der Waals surface area contributed by atoms with Crippen LogP contribution in [-0.4, -0.2) is 47.8 Å². The number of morpholine rings is 1. The van der Waals surface area contributed by atoms with Gasteiger partial charge in [-0.05, 0) is 29.3 Å². The van der Waals surface area contributed by atoms with Crippen molar-refractivity contribution in [2.24, 2.45) is 0 Å². The number of ether oxygens (including phenoxy) is 1. The van der Waals surface area contributed by atoms with Gasteiger partial charge >= 0.3 is 0 Å². The topological polar surface area (TPSA) is 49.8 Å². The van der Waals surface area contributed by atoms with E-state index in [2.05, 4.69) is 0 Å². The Bertz CT molecular complexity index is 366. The van der Waals surface area contributed by atoms with Crippen LogP contribution in [0.4, 0.5) is 0 Å². The summed E-state index contributed by atoms with van der Waals surface area (Å²) in [6.07, 6.45) is 0.187. The zero-order chi connectivity index (χ0) is 12.3. The number of nitrogens with zero attached hydrogens (tertiary/aromatic N) is 1. The van der Waals surface area contributed by atoms with Crippen LogP contribution in [0, 0.1) is 0 Å². The summed E-state index contributed by atoms with van der Waals surface area (Å²) in [4.78, 5) is 13.9. The Labute approximate surface area is 105 Å². The van der Waals surface area contributed by atoms with Crippen molar-refractivity contribution >= 4 is 17.2 Å². The molecule has 17 heavy (non-hydrogen) atoms. The lowest BCUT2D eigenvalue weighted by molar-refractivity contribution is -0.146. The zero-order valence-corrected chi connectivity index (χ0v) is 10.7. The average molecular weight is 255 g/mol. The molecule has 2 unspecified atom stereocenters. The van der Waals surface area contributed by atoms with E-state index in [-0.39, 0.29) is 24.7 Å². The van der Waals surface area contributed by atoms with Gasteiger partial charge in [0.1, 0.15) is 0 Å². The van der Waals surface area contributed by atoms with Crippen molar-refractivity contribution < 1.29 is 14.6 Å². The van der Waals surface area contributed by atoms with Crippen LogP contribution in [0.15, 0.2) is 16.8 Å². The first-order valence-corrected chi connectivity index (χ1v) is 6.68. The highest BCUT2D eigenvalue weighted by molar-refractivity contribution is 7.07. The van der Waals surface area contributed by atoms with Crippen LogP contribution in [0.25, 0.3) is 0 Å². The number of rotatable bonds is 3. The summed E-state index contributed by atoms with van der Waals surface area (Å²) in [6.45, 7) is 2.99. The van der Waals surface area contributed by atoms with Gasteiger partial charge < -0.3 is 14.7 Å². The minimum atomic E-state index is -0.245. The Balaban J connectivity index is 1.94. The number of aliphatic hydroxyl groups excluding tert-OH is 1. The second-order valence-electron chi connectivity index (χ2n) is 4.36. The number of amides is 1. The fraction of sp³-hybridized carbons (Fsp3) is 0.583. The lowest BCUT2D eigenvalue weighted by Gasteiger charge is -2.36. The van der Waals surface area contributed by atoms with Crippen molar-refractivity contribution in [3.05, 3.63) is 22.4 Å². The molecule has 0 radical (unpaired) electrons. The van der Waals surface area contributed by atoms with Crippen molar-refractivity contribution in [2.45, 2.75) is 25.6 Å². The second-order valence-corrected chi connectivity index (χ2v) is 5.14. The number of carbonyl (C=O) groups excluding carboxylic acids is 1. The van der Waals surface area contributed by atoms with Gasteiger partial charge in [0.25, 0.3) is 0 Å². The lowest BCUT2D eigenvalue weighted by atomic mass is 10.1. The molecule has 0 aliphatic carbocycles. The summed E-state index contributed by atoms with van der Waals surface area (Å²) < 4.78 is 5.51. The third-order valence-corrected chi connectivity index (χ3v) is 3.55. The Morgan fingerprint density at radius 3 is 3.12 bits per heavy atom. The van der Waals surface area contributed by atoms with Crippen molar-refractivity contribution in [3.8, 4) is 0 Å². The van der Waals surface area contributed by atoms with Crippen LogP contribution >= 0.6 is 11.3 Å². The summed E-state index contributed by atoms with van der Waals surface area (Å²) in [5, 5.41) is 13.1. The van der Waals surface area contributed by atoms with Gasteiger partial charge in [-0.3, -0.25) is 4.79 Å². The van der Waals surface area contributed by atoms with Crippen LogP contribution in [0.1, 0.15) is 12.5 Å². The van der Waals surface area contributed by atoms with E-state index >= 15 is 0 Å². The highest BCUT2D eigenvalue weighted by Gasteiger charge is 2.27. The maximum Gasteiger partial charge on any atom is 0.227 e. The molecule has 0 aromatic carbocycles. The number of hydrogen-bond donors (Lipinski definition) is 1. The molecule has 0 saturated carbocycles.